The van der Waals surface area contributed by atoms with E-state index in [9.17, 15) is 0 Å². The third-order valence-corrected chi connectivity index (χ3v) is 5.11. The zero-order valence-corrected chi connectivity index (χ0v) is 13.7. The minimum absolute atomic E-state index is 0.534. The van der Waals surface area contributed by atoms with E-state index in [0.29, 0.717) is 6.04 Å². The summed E-state index contributed by atoms with van der Waals surface area (Å²) in [6.45, 7) is 2.29. The number of para-hydroxylation sites is 1. The molecule has 1 aromatic heterocycles. The van der Waals surface area contributed by atoms with E-state index in [0.717, 1.165) is 22.0 Å². The van der Waals surface area contributed by atoms with Gasteiger partial charge in [0.2, 0.25) is 0 Å². The summed E-state index contributed by atoms with van der Waals surface area (Å²) in [5, 5.41) is 0. The molecule has 1 saturated carbocycles. The lowest BCUT2D eigenvalue weighted by molar-refractivity contribution is 0.264. The van der Waals surface area contributed by atoms with E-state index in [2.05, 4.69) is 22.5 Å². The van der Waals surface area contributed by atoms with Gasteiger partial charge in [0.05, 0.1) is 12.6 Å². The van der Waals surface area contributed by atoms with Crippen LogP contribution in [0.25, 0.3) is 11.0 Å². The summed E-state index contributed by atoms with van der Waals surface area (Å²) in [6.07, 6.45) is 7.82. The first-order valence-electron chi connectivity index (χ1n) is 8.01. The molecule has 0 spiro atoms. The topological polar surface area (TPSA) is 29.9 Å². The zero-order chi connectivity index (χ0) is 14.8. The van der Waals surface area contributed by atoms with Crippen molar-refractivity contribution in [2.45, 2.75) is 51.5 Å². The second-order valence-electron chi connectivity index (χ2n) is 6.12. The Labute approximate surface area is 131 Å². The van der Waals surface area contributed by atoms with Crippen LogP contribution in [0.15, 0.2) is 18.2 Å². The SMILES string of the molecule is CCCC1CCC(n2c(=S)[nH]c3c(OC)cccc32)CC1. The Morgan fingerprint density at radius 2 is 2.05 bits per heavy atom. The van der Waals surface area contributed by atoms with Crippen LogP contribution < -0.4 is 4.74 Å². The average molecular weight is 304 g/mol. The predicted octanol–water partition coefficient (Wildman–Crippen LogP) is 5.24. The first-order chi connectivity index (χ1) is 10.2. The van der Waals surface area contributed by atoms with Crippen LogP contribution in [0.1, 0.15) is 51.5 Å². The predicted molar refractivity (Wildman–Crippen MR) is 89.6 cm³/mol. The molecule has 0 amide bonds. The van der Waals surface area contributed by atoms with E-state index in [1.54, 1.807) is 7.11 Å². The fourth-order valence-electron chi connectivity index (χ4n) is 3.76. The van der Waals surface area contributed by atoms with Crippen LogP contribution in [-0.2, 0) is 0 Å². The van der Waals surface area contributed by atoms with E-state index >= 15 is 0 Å². The summed E-state index contributed by atoms with van der Waals surface area (Å²) in [6, 6.07) is 6.70. The van der Waals surface area contributed by atoms with Gasteiger partial charge in [-0.2, -0.15) is 0 Å². The molecule has 21 heavy (non-hydrogen) atoms. The van der Waals surface area contributed by atoms with Gasteiger partial charge in [-0.1, -0.05) is 25.8 Å². The van der Waals surface area contributed by atoms with E-state index in [1.807, 2.05) is 12.1 Å². The number of imidazole rings is 1. The molecule has 1 fully saturated rings. The molecule has 0 saturated heterocycles. The van der Waals surface area contributed by atoms with Crippen molar-refractivity contribution in [2.75, 3.05) is 7.11 Å². The number of nitrogens with one attached hydrogen (secondary N) is 1. The van der Waals surface area contributed by atoms with Crippen molar-refractivity contribution >= 4 is 23.3 Å². The molecular weight excluding hydrogens is 280 g/mol. The third kappa shape index (κ3) is 2.73. The molecule has 0 bridgehead atoms. The fraction of sp³-hybridized carbons (Fsp3) is 0.588. The Kier molecular flexibility index (Phi) is 4.34. The molecule has 1 aliphatic carbocycles. The number of benzene rings is 1. The molecule has 1 heterocycles. The maximum atomic E-state index is 5.57. The van der Waals surface area contributed by atoms with E-state index in [-0.39, 0.29) is 0 Å². The van der Waals surface area contributed by atoms with Crippen LogP contribution in [0.3, 0.4) is 0 Å². The fourth-order valence-corrected chi connectivity index (χ4v) is 4.10. The van der Waals surface area contributed by atoms with Gasteiger partial charge in [-0.25, -0.2) is 0 Å². The number of ether oxygens (including phenoxy) is 1. The molecule has 114 valence electrons. The maximum absolute atomic E-state index is 5.57. The summed E-state index contributed by atoms with van der Waals surface area (Å²) in [5.74, 6) is 1.79. The minimum Gasteiger partial charge on any atom is -0.494 e. The van der Waals surface area contributed by atoms with E-state index in [1.165, 1.54) is 44.0 Å². The van der Waals surface area contributed by atoms with Gasteiger partial charge in [0.25, 0.3) is 0 Å². The number of methoxy groups -OCH3 is 1. The molecule has 3 rings (SSSR count). The molecule has 1 aromatic carbocycles. The Bertz CT molecular complexity index is 665. The summed E-state index contributed by atoms with van der Waals surface area (Å²) in [4.78, 5) is 3.33. The van der Waals surface area contributed by atoms with Crippen molar-refractivity contribution in [3.8, 4) is 5.75 Å². The van der Waals surface area contributed by atoms with Gasteiger partial charge in [-0.05, 0) is 56.0 Å². The standard InChI is InChI=1S/C17H24N2OS/c1-3-5-12-8-10-13(11-9-12)19-14-6-4-7-15(20-2)16(14)18-17(19)21/h4,6-7,12-13H,3,5,8-11H2,1-2H3,(H,18,21). The van der Waals surface area contributed by atoms with Gasteiger partial charge < -0.3 is 14.3 Å². The number of rotatable bonds is 4. The molecule has 0 unspecified atom stereocenters. The molecule has 4 heteroatoms. The molecule has 2 aromatic rings. The first kappa shape index (κ1) is 14.6. The first-order valence-corrected chi connectivity index (χ1v) is 8.42. The van der Waals surface area contributed by atoms with Gasteiger partial charge in [0, 0.05) is 6.04 Å². The number of nitrogens with zero attached hydrogens (tertiary/aromatic N) is 1. The normalized spacial score (nSPS) is 22.6. The second kappa shape index (κ2) is 6.22. The number of fused-ring (bicyclic) bond motifs is 1. The lowest BCUT2D eigenvalue weighted by atomic mass is 9.83. The van der Waals surface area contributed by atoms with Crippen molar-refractivity contribution in [1.82, 2.24) is 9.55 Å². The van der Waals surface area contributed by atoms with Gasteiger partial charge >= 0.3 is 0 Å². The van der Waals surface area contributed by atoms with Crippen LogP contribution in [0, 0.1) is 10.7 Å². The van der Waals surface area contributed by atoms with Gasteiger partial charge in [0.15, 0.2) is 4.77 Å². The van der Waals surface area contributed by atoms with Crippen molar-refractivity contribution in [1.29, 1.82) is 0 Å². The molecule has 0 radical (unpaired) electrons. The zero-order valence-electron chi connectivity index (χ0n) is 12.9. The van der Waals surface area contributed by atoms with E-state index in [4.69, 9.17) is 17.0 Å². The number of H-pyrrole nitrogens is 1. The third-order valence-electron chi connectivity index (χ3n) is 4.81. The Morgan fingerprint density at radius 3 is 2.71 bits per heavy atom. The number of aromatic nitrogens is 2. The summed E-state index contributed by atoms with van der Waals surface area (Å²) in [5.41, 5.74) is 2.21. The van der Waals surface area contributed by atoms with Crippen molar-refractivity contribution < 1.29 is 4.74 Å². The van der Waals surface area contributed by atoms with Crippen LogP contribution >= 0.6 is 12.2 Å². The Hall–Kier alpha value is -1.29. The molecular formula is C17H24N2OS. The lowest BCUT2D eigenvalue weighted by Gasteiger charge is -2.29. The largest absolute Gasteiger partial charge is 0.494 e. The molecule has 0 aliphatic heterocycles. The highest BCUT2D eigenvalue weighted by atomic mass is 32.1. The quantitative estimate of drug-likeness (QED) is 0.783. The van der Waals surface area contributed by atoms with Crippen molar-refractivity contribution in [3.63, 3.8) is 0 Å². The highest BCUT2D eigenvalue weighted by Crippen LogP contribution is 2.37. The van der Waals surface area contributed by atoms with Crippen LogP contribution in [0.5, 0.6) is 5.75 Å². The average Bonchev–Trinajstić information content (AvgIpc) is 2.84. The summed E-state index contributed by atoms with van der Waals surface area (Å²) < 4.78 is 8.58. The summed E-state index contributed by atoms with van der Waals surface area (Å²) >= 11 is 5.57. The van der Waals surface area contributed by atoms with Crippen LogP contribution in [-0.4, -0.2) is 16.7 Å². The van der Waals surface area contributed by atoms with Crippen LogP contribution in [0.2, 0.25) is 0 Å². The number of aromatic amines is 1. The Balaban J connectivity index is 1.91. The molecule has 1 N–H and O–H groups in total. The van der Waals surface area contributed by atoms with Gasteiger partial charge in [0.1, 0.15) is 11.3 Å². The smallest absolute Gasteiger partial charge is 0.178 e. The molecule has 1 aliphatic rings. The number of hydrogen-bond donors (Lipinski definition) is 1. The summed E-state index contributed by atoms with van der Waals surface area (Å²) in [7, 11) is 1.71. The van der Waals surface area contributed by atoms with Crippen molar-refractivity contribution in [3.05, 3.63) is 23.0 Å². The maximum Gasteiger partial charge on any atom is 0.178 e. The van der Waals surface area contributed by atoms with E-state index < -0.39 is 0 Å². The number of hydrogen-bond acceptors (Lipinski definition) is 2. The highest BCUT2D eigenvalue weighted by molar-refractivity contribution is 7.71. The molecule has 0 atom stereocenters. The van der Waals surface area contributed by atoms with Crippen LogP contribution in [0.4, 0.5) is 0 Å². The highest BCUT2D eigenvalue weighted by Gasteiger charge is 2.24. The molecule has 3 nitrogen and oxygen atoms in total. The minimum atomic E-state index is 0.534. The monoisotopic (exact) mass is 304 g/mol. The van der Waals surface area contributed by atoms with Crippen molar-refractivity contribution in [2.24, 2.45) is 5.92 Å². The van der Waals surface area contributed by atoms with Gasteiger partial charge in [-0.15, -0.1) is 0 Å². The Morgan fingerprint density at radius 1 is 1.29 bits per heavy atom. The second-order valence-corrected chi connectivity index (χ2v) is 6.50. The van der Waals surface area contributed by atoms with Gasteiger partial charge in [-0.3, -0.25) is 0 Å². The lowest BCUT2D eigenvalue weighted by Crippen LogP contribution is -2.18.